The fourth-order valence-electron chi connectivity index (χ4n) is 2.23. The summed E-state index contributed by atoms with van der Waals surface area (Å²) in [4.78, 5) is 0. The molecule has 3 rings (SSSR count). The fraction of sp³-hybridized carbons (Fsp3) is 0.294. The smallest absolute Gasteiger partial charge is 0.0400 e. The van der Waals surface area contributed by atoms with E-state index in [9.17, 15) is 0 Å². The van der Waals surface area contributed by atoms with Crippen LogP contribution < -0.4 is 5.32 Å². The minimum absolute atomic E-state index is 0.843. The second-order valence-electron chi connectivity index (χ2n) is 5.33. The van der Waals surface area contributed by atoms with Crippen molar-refractivity contribution in [3.63, 3.8) is 0 Å². The normalized spacial score (nSPS) is 14.4. The summed E-state index contributed by atoms with van der Waals surface area (Å²) in [5.41, 5.74) is 5.26. The molecule has 1 aliphatic rings. The average molecular weight is 316 g/mol. The van der Waals surface area contributed by atoms with Gasteiger partial charge in [-0.3, -0.25) is 0 Å². The van der Waals surface area contributed by atoms with Gasteiger partial charge in [0.25, 0.3) is 0 Å². The SMILES string of the molecule is Cc1ccc(NCc2ccc(C3CC3)cc2)cc1Br. The van der Waals surface area contributed by atoms with E-state index in [4.69, 9.17) is 0 Å². The van der Waals surface area contributed by atoms with Gasteiger partial charge in [-0.25, -0.2) is 0 Å². The van der Waals surface area contributed by atoms with Crippen molar-refractivity contribution in [2.75, 3.05) is 5.32 Å². The number of aryl methyl sites for hydroxylation is 1. The number of nitrogens with one attached hydrogen (secondary N) is 1. The Kier molecular flexibility index (Phi) is 3.61. The molecule has 0 aromatic heterocycles. The maximum Gasteiger partial charge on any atom is 0.0400 e. The molecule has 0 saturated heterocycles. The molecular weight excluding hydrogens is 298 g/mol. The third-order valence-electron chi connectivity index (χ3n) is 3.70. The summed E-state index contributed by atoms with van der Waals surface area (Å²) < 4.78 is 1.15. The second-order valence-corrected chi connectivity index (χ2v) is 6.19. The minimum atomic E-state index is 0.843. The zero-order valence-electron chi connectivity index (χ0n) is 11.1. The number of benzene rings is 2. The molecule has 0 aliphatic heterocycles. The van der Waals surface area contributed by atoms with E-state index in [0.717, 1.165) is 22.6 Å². The predicted molar refractivity (Wildman–Crippen MR) is 84.6 cm³/mol. The van der Waals surface area contributed by atoms with Gasteiger partial charge >= 0.3 is 0 Å². The van der Waals surface area contributed by atoms with Gasteiger partial charge in [0.15, 0.2) is 0 Å². The summed E-state index contributed by atoms with van der Waals surface area (Å²) in [6.07, 6.45) is 2.74. The maximum absolute atomic E-state index is 3.56. The lowest BCUT2D eigenvalue weighted by atomic mass is 10.1. The van der Waals surface area contributed by atoms with Crippen LogP contribution in [0.3, 0.4) is 0 Å². The lowest BCUT2D eigenvalue weighted by Crippen LogP contribution is -1.99. The van der Waals surface area contributed by atoms with Crippen LogP contribution in [0.1, 0.15) is 35.4 Å². The molecule has 1 aliphatic carbocycles. The summed E-state index contributed by atoms with van der Waals surface area (Å²) in [6, 6.07) is 15.4. The van der Waals surface area contributed by atoms with Crippen LogP contribution in [0, 0.1) is 6.92 Å². The molecule has 2 heteroatoms. The maximum atomic E-state index is 3.56. The third kappa shape index (κ3) is 3.19. The lowest BCUT2D eigenvalue weighted by molar-refractivity contribution is 1.10. The lowest BCUT2D eigenvalue weighted by Gasteiger charge is -2.09. The fourth-order valence-corrected chi connectivity index (χ4v) is 2.61. The Labute approximate surface area is 123 Å². The van der Waals surface area contributed by atoms with E-state index < -0.39 is 0 Å². The molecule has 1 N–H and O–H groups in total. The molecule has 0 atom stereocenters. The topological polar surface area (TPSA) is 12.0 Å². The first-order valence-corrected chi connectivity index (χ1v) is 7.60. The molecule has 2 aromatic rings. The molecule has 98 valence electrons. The van der Waals surface area contributed by atoms with Crippen molar-refractivity contribution in [2.45, 2.75) is 32.2 Å². The van der Waals surface area contributed by atoms with E-state index in [2.05, 4.69) is 70.6 Å². The van der Waals surface area contributed by atoms with Gasteiger partial charge in [-0.2, -0.15) is 0 Å². The van der Waals surface area contributed by atoms with Crippen molar-refractivity contribution < 1.29 is 0 Å². The summed E-state index contributed by atoms with van der Waals surface area (Å²) in [5, 5.41) is 3.46. The van der Waals surface area contributed by atoms with Gasteiger partial charge in [0.05, 0.1) is 0 Å². The van der Waals surface area contributed by atoms with Crippen LogP contribution in [0.15, 0.2) is 46.9 Å². The van der Waals surface area contributed by atoms with Crippen LogP contribution in [0.2, 0.25) is 0 Å². The standard InChI is InChI=1S/C17H18BrN/c1-12-2-9-16(10-17(12)18)19-11-13-3-5-14(6-4-13)15-7-8-15/h2-6,9-10,15,19H,7-8,11H2,1H3. The van der Waals surface area contributed by atoms with Crippen LogP contribution in [0.4, 0.5) is 5.69 Å². The van der Waals surface area contributed by atoms with Crippen LogP contribution >= 0.6 is 15.9 Å². The number of anilines is 1. The van der Waals surface area contributed by atoms with E-state index >= 15 is 0 Å². The van der Waals surface area contributed by atoms with Crippen molar-refractivity contribution in [1.29, 1.82) is 0 Å². The predicted octanol–water partition coefficient (Wildman–Crippen LogP) is 5.25. The van der Waals surface area contributed by atoms with E-state index in [-0.39, 0.29) is 0 Å². The third-order valence-corrected chi connectivity index (χ3v) is 4.55. The van der Waals surface area contributed by atoms with E-state index in [0.29, 0.717) is 0 Å². The Balaban J connectivity index is 1.63. The Hall–Kier alpha value is -1.28. The molecule has 1 nitrogen and oxygen atoms in total. The number of hydrogen-bond acceptors (Lipinski definition) is 1. The molecule has 0 heterocycles. The Morgan fingerprint density at radius 3 is 2.47 bits per heavy atom. The van der Waals surface area contributed by atoms with Crippen molar-refractivity contribution in [1.82, 2.24) is 0 Å². The number of rotatable bonds is 4. The summed E-state index contributed by atoms with van der Waals surface area (Å²) >= 11 is 3.56. The highest BCUT2D eigenvalue weighted by atomic mass is 79.9. The Morgan fingerprint density at radius 1 is 1.11 bits per heavy atom. The van der Waals surface area contributed by atoms with Crippen molar-refractivity contribution in [3.05, 3.63) is 63.6 Å². The van der Waals surface area contributed by atoms with Crippen molar-refractivity contribution >= 4 is 21.6 Å². The van der Waals surface area contributed by atoms with Gasteiger partial charge in [-0.15, -0.1) is 0 Å². The van der Waals surface area contributed by atoms with Crippen molar-refractivity contribution in [3.8, 4) is 0 Å². The number of hydrogen-bond donors (Lipinski definition) is 1. The van der Waals surface area contributed by atoms with Crippen LogP contribution in [0.5, 0.6) is 0 Å². The summed E-state index contributed by atoms with van der Waals surface area (Å²) in [6.45, 7) is 2.98. The molecule has 0 bridgehead atoms. The molecule has 0 unspecified atom stereocenters. The van der Waals surface area contributed by atoms with Crippen LogP contribution in [0.25, 0.3) is 0 Å². The second kappa shape index (κ2) is 5.38. The quantitative estimate of drug-likeness (QED) is 0.812. The molecule has 2 aromatic carbocycles. The van der Waals surface area contributed by atoms with Gasteiger partial charge in [0.1, 0.15) is 0 Å². The first-order valence-electron chi connectivity index (χ1n) is 6.81. The van der Waals surface area contributed by atoms with Crippen LogP contribution in [-0.4, -0.2) is 0 Å². The first-order chi connectivity index (χ1) is 9.22. The van der Waals surface area contributed by atoms with Gasteiger partial charge in [0, 0.05) is 16.7 Å². The van der Waals surface area contributed by atoms with Crippen LogP contribution in [-0.2, 0) is 6.54 Å². The highest BCUT2D eigenvalue weighted by Gasteiger charge is 2.22. The average Bonchev–Trinajstić information content (AvgIpc) is 3.25. The van der Waals surface area contributed by atoms with E-state index in [1.165, 1.54) is 29.5 Å². The molecule has 19 heavy (non-hydrogen) atoms. The zero-order valence-corrected chi connectivity index (χ0v) is 12.7. The van der Waals surface area contributed by atoms with E-state index in [1.54, 1.807) is 0 Å². The first kappa shape index (κ1) is 12.7. The molecule has 0 spiro atoms. The van der Waals surface area contributed by atoms with Gasteiger partial charge in [0.2, 0.25) is 0 Å². The Morgan fingerprint density at radius 2 is 1.84 bits per heavy atom. The zero-order chi connectivity index (χ0) is 13.2. The monoisotopic (exact) mass is 315 g/mol. The summed E-state index contributed by atoms with van der Waals surface area (Å²) in [7, 11) is 0. The van der Waals surface area contributed by atoms with Crippen molar-refractivity contribution in [2.24, 2.45) is 0 Å². The Bertz CT molecular complexity index is 570. The van der Waals surface area contributed by atoms with E-state index in [1.807, 2.05) is 0 Å². The van der Waals surface area contributed by atoms with Gasteiger partial charge < -0.3 is 5.32 Å². The molecule has 1 fully saturated rings. The molecule has 0 amide bonds. The highest BCUT2D eigenvalue weighted by molar-refractivity contribution is 9.10. The molecular formula is C17H18BrN. The number of halogens is 1. The molecule has 0 radical (unpaired) electrons. The largest absolute Gasteiger partial charge is 0.381 e. The van der Waals surface area contributed by atoms with Gasteiger partial charge in [-0.05, 0) is 54.5 Å². The highest BCUT2D eigenvalue weighted by Crippen LogP contribution is 2.39. The molecule has 1 saturated carbocycles. The van der Waals surface area contributed by atoms with Gasteiger partial charge in [-0.1, -0.05) is 46.3 Å². The minimum Gasteiger partial charge on any atom is -0.381 e. The summed E-state index contributed by atoms with van der Waals surface area (Å²) in [5.74, 6) is 0.843.